The van der Waals surface area contributed by atoms with Crippen molar-refractivity contribution in [2.75, 3.05) is 13.1 Å². The number of amides is 2. The fourth-order valence-electron chi connectivity index (χ4n) is 1.00. The molecule has 0 aromatic rings. The van der Waals surface area contributed by atoms with Crippen LogP contribution in [0.5, 0.6) is 0 Å². The van der Waals surface area contributed by atoms with Crippen molar-refractivity contribution in [1.82, 2.24) is 10.6 Å². The minimum absolute atomic E-state index is 0.229. The second-order valence-electron chi connectivity index (χ2n) is 5.17. The van der Waals surface area contributed by atoms with Crippen molar-refractivity contribution in [2.24, 2.45) is 0 Å². The van der Waals surface area contributed by atoms with E-state index < -0.39 is 23.6 Å². The van der Waals surface area contributed by atoms with Crippen molar-refractivity contribution in [3.05, 3.63) is 0 Å². The molecule has 2 N–H and O–H groups in total. The highest BCUT2D eigenvalue weighted by Gasteiger charge is 2.16. The van der Waals surface area contributed by atoms with E-state index in [9.17, 15) is 14.4 Å². The van der Waals surface area contributed by atoms with Gasteiger partial charge in [-0.05, 0) is 34.6 Å². The van der Waals surface area contributed by atoms with Crippen molar-refractivity contribution < 1.29 is 23.9 Å². The van der Waals surface area contributed by atoms with E-state index in [1.54, 1.807) is 34.6 Å². The molecule has 7 nitrogen and oxygen atoms in total. The number of carbonyl (C=O) groups is 3. The number of nitrogens with one attached hydrogen (secondary N) is 2. The van der Waals surface area contributed by atoms with Crippen LogP contribution >= 0.6 is 0 Å². The highest BCUT2D eigenvalue weighted by Crippen LogP contribution is 2.05. The Kier molecular flexibility index (Phi) is 6.89. The van der Waals surface area contributed by atoms with E-state index in [1.165, 1.54) is 0 Å². The molecule has 0 fully saturated rings. The van der Waals surface area contributed by atoms with Crippen LogP contribution in [0.25, 0.3) is 0 Å². The Morgan fingerprint density at radius 1 is 1.05 bits per heavy atom. The van der Waals surface area contributed by atoms with Crippen LogP contribution in [-0.2, 0) is 19.1 Å². The van der Waals surface area contributed by atoms with Gasteiger partial charge in [0.15, 0.2) is 0 Å². The summed E-state index contributed by atoms with van der Waals surface area (Å²) in [5.41, 5.74) is -0.623. The lowest BCUT2D eigenvalue weighted by Gasteiger charge is -2.19. The normalized spacial score (nSPS) is 10.8. The van der Waals surface area contributed by atoms with Crippen LogP contribution in [0, 0.1) is 0 Å². The highest BCUT2D eigenvalue weighted by atomic mass is 16.6. The Bertz CT molecular complexity index is 334. The van der Waals surface area contributed by atoms with Gasteiger partial charge < -0.3 is 20.1 Å². The molecule has 19 heavy (non-hydrogen) atoms. The quantitative estimate of drug-likeness (QED) is 0.715. The average Bonchev–Trinajstić information content (AvgIpc) is 2.20. The first-order valence-corrected chi connectivity index (χ1v) is 6.03. The summed E-state index contributed by atoms with van der Waals surface area (Å²) >= 11 is 0. The summed E-state index contributed by atoms with van der Waals surface area (Å²) < 4.78 is 9.77. The van der Waals surface area contributed by atoms with Gasteiger partial charge in [-0.2, -0.15) is 0 Å². The molecule has 0 aromatic carbocycles. The monoisotopic (exact) mass is 274 g/mol. The Morgan fingerprint density at radius 2 is 1.63 bits per heavy atom. The fraction of sp³-hybridized carbons (Fsp3) is 0.750. The number of rotatable bonds is 5. The number of hydrogen-bond acceptors (Lipinski definition) is 5. The van der Waals surface area contributed by atoms with Crippen LogP contribution in [0.3, 0.4) is 0 Å². The van der Waals surface area contributed by atoms with Gasteiger partial charge >= 0.3 is 12.1 Å². The molecule has 0 atom stereocenters. The fourth-order valence-corrected chi connectivity index (χ4v) is 1.00. The van der Waals surface area contributed by atoms with Crippen LogP contribution in [-0.4, -0.2) is 42.8 Å². The number of hydrogen-bond donors (Lipinski definition) is 2. The highest BCUT2D eigenvalue weighted by molar-refractivity contribution is 5.85. The molecule has 2 amide bonds. The molecule has 0 bridgehead atoms. The SMILES string of the molecule is CC(C)OC(=O)CNC(=O)CNC(=O)OC(C)(C)C. The Hall–Kier alpha value is -1.79. The van der Waals surface area contributed by atoms with Crippen LogP contribution in [0.15, 0.2) is 0 Å². The van der Waals surface area contributed by atoms with Gasteiger partial charge in [-0.15, -0.1) is 0 Å². The Labute approximate surface area is 113 Å². The van der Waals surface area contributed by atoms with Crippen LogP contribution in [0.1, 0.15) is 34.6 Å². The Morgan fingerprint density at radius 3 is 2.11 bits per heavy atom. The third-order valence-electron chi connectivity index (χ3n) is 1.59. The standard InChI is InChI=1S/C12H22N2O5/c1-8(2)18-10(16)7-13-9(15)6-14-11(17)19-12(3,4)5/h8H,6-7H2,1-5H3,(H,13,15)(H,14,17). The average molecular weight is 274 g/mol. The van der Waals surface area contributed by atoms with Gasteiger partial charge in [0.1, 0.15) is 18.7 Å². The predicted octanol–water partition coefficient (Wildman–Crippen LogP) is 0.579. The van der Waals surface area contributed by atoms with Crippen LogP contribution < -0.4 is 10.6 Å². The first-order chi connectivity index (χ1) is 8.60. The van der Waals surface area contributed by atoms with Gasteiger partial charge in [0.05, 0.1) is 6.10 Å². The molecule has 0 saturated heterocycles. The zero-order valence-corrected chi connectivity index (χ0v) is 12.0. The van der Waals surface area contributed by atoms with E-state index in [-0.39, 0.29) is 19.2 Å². The summed E-state index contributed by atoms with van der Waals surface area (Å²) in [6.07, 6.45) is -0.920. The van der Waals surface area contributed by atoms with Gasteiger partial charge in [0, 0.05) is 0 Å². The molecule has 0 unspecified atom stereocenters. The molecule has 7 heteroatoms. The smallest absolute Gasteiger partial charge is 0.408 e. The molecule has 110 valence electrons. The molecule has 0 aliphatic heterocycles. The van der Waals surface area contributed by atoms with Crippen LogP contribution in [0.4, 0.5) is 4.79 Å². The molecule has 0 radical (unpaired) electrons. The molecular formula is C12H22N2O5. The molecule has 0 spiro atoms. The first-order valence-electron chi connectivity index (χ1n) is 6.03. The van der Waals surface area contributed by atoms with E-state index in [0.29, 0.717) is 0 Å². The second kappa shape index (κ2) is 7.60. The van der Waals surface area contributed by atoms with Gasteiger partial charge in [0.2, 0.25) is 5.91 Å². The number of alkyl carbamates (subject to hydrolysis) is 1. The zero-order valence-electron chi connectivity index (χ0n) is 12.0. The maximum absolute atomic E-state index is 11.3. The topological polar surface area (TPSA) is 93.7 Å². The largest absolute Gasteiger partial charge is 0.462 e. The lowest BCUT2D eigenvalue weighted by molar-refractivity contribution is -0.147. The van der Waals surface area contributed by atoms with Gasteiger partial charge in [-0.1, -0.05) is 0 Å². The summed E-state index contributed by atoms with van der Waals surface area (Å²) in [4.78, 5) is 33.7. The molecule has 0 rings (SSSR count). The lowest BCUT2D eigenvalue weighted by Crippen LogP contribution is -2.41. The number of esters is 1. The van der Waals surface area contributed by atoms with Gasteiger partial charge in [-0.3, -0.25) is 9.59 Å². The summed E-state index contributed by atoms with van der Waals surface area (Å²) in [7, 11) is 0. The number of carbonyl (C=O) groups excluding carboxylic acids is 3. The van der Waals surface area contributed by atoms with Crippen LogP contribution in [0.2, 0.25) is 0 Å². The van der Waals surface area contributed by atoms with Crippen molar-refractivity contribution in [1.29, 1.82) is 0 Å². The van der Waals surface area contributed by atoms with E-state index in [1.807, 2.05) is 0 Å². The summed E-state index contributed by atoms with van der Waals surface area (Å²) in [5.74, 6) is -1.02. The molecule has 0 aliphatic carbocycles. The molecular weight excluding hydrogens is 252 g/mol. The maximum Gasteiger partial charge on any atom is 0.408 e. The van der Waals surface area contributed by atoms with E-state index in [0.717, 1.165) is 0 Å². The predicted molar refractivity (Wildman–Crippen MR) is 68.5 cm³/mol. The van der Waals surface area contributed by atoms with Crippen molar-refractivity contribution >= 4 is 18.0 Å². The van der Waals surface area contributed by atoms with Gasteiger partial charge in [-0.25, -0.2) is 4.79 Å². The van der Waals surface area contributed by atoms with Crippen molar-refractivity contribution in [3.63, 3.8) is 0 Å². The first kappa shape index (κ1) is 17.2. The lowest BCUT2D eigenvalue weighted by atomic mass is 10.2. The maximum atomic E-state index is 11.3. The summed E-state index contributed by atoms with van der Waals surface area (Å²) in [6.45, 7) is 8.09. The third kappa shape index (κ3) is 11.1. The van der Waals surface area contributed by atoms with E-state index in [2.05, 4.69) is 10.6 Å². The van der Waals surface area contributed by atoms with E-state index >= 15 is 0 Å². The summed E-state index contributed by atoms with van der Waals surface area (Å²) in [6, 6.07) is 0. The molecule has 0 aliphatic rings. The molecule has 0 saturated carbocycles. The molecule has 0 aromatic heterocycles. The zero-order chi connectivity index (χ0) is 15.1. The minimum Gasteiger partial charge on any atom is -0.462 e. The Balaban J connectivity index is 3.82. The van der Waals surface area contributed by atoms with Crippen molar-refractivity contribution in [3.8, 4) is 0 Å². The second-order valence-corrected chi connectivity index (χ2v) is 5.17. The van der Waals surface area contributed by atoms with Gasteiger partial charge in [0.25, 0.3) is 0 Å². The summed E-state index contributed by atoms with van der Waals surface area (Å²) in [5, 5.41) is 4.60. The molecule has 0 heterocycles. The minimum atomic E-state index is -0.688. The van der Waals surface area contributed by atoms with E-state index in [4.69, 9.17) is 9.47 Å². The van der Waals surface area contributed by atoms with Crippen molar-refractivity contribution in [2.45, 2.75) is 46.3 Å². The number of ether oxygens (including phenoxy) is 2. The third-order valence-corrected chi connectivity index (χ3v) is 1.59.